The van der Waals surface area contributed by atoms with Gasteiger partial charge in [0, 0.05) is 11.3 Å². The largest absolute Gasteiger partial charge is 0.399 e. The van der Waals surface area contributed by atoms with Crippen molar-refractivity contribution in [2.45, 2.75) is 0 Å². The maximum absolute atomic E-state index is 9.20. The summed E-state index contributed by atoms with van der Waals surface area (Å²) < 4.78 is 0. The number of nitrogen functional groups attached to an aromatic ring is 1. The molecule has 6 nitrogen and oxygen atoms in total. The molecule has 0 amide bonds. The summed E-state index contributed by atoms with van der Waals surface area (Å²) in [5.41, 5.74) is 5.17. The average Bonchev–Trinajstić information content (AvgIpc) is 2.52. The normalized spacial score (nSPS) is 7.95. The second-order valence-electron chi connectivity index (χ2n) is 3.68. The lowest BCUT2D eigenvalue weighted by atomic mass is 9.91. The van der Waals surface area contributed by atoms with Crippen molar-refractivity contribution in [3.63, 3.8) is 0 Å². The predicted octanol–water partition coefficient (Wildman–Crippen LogP) is 1.94. The van der Waals surface area contributed by atoms with E-state index in [0.29, 0.717) is 11.3 Å². The van der Waals surface area contributed by atoms with E-state index in [-0.39, 0.29) is 16.7 Å². The Morgan fingerprint density at radius 2 is 1.19 bits per heavy atom. The summed E-state index contributed by atoms with van der Waals surface area (Å²) in [5, 5.41) is 45.1. The van der Waals surface area contributed by atoms with Crippen molar-refractivity contribution < 1.29 is 0 Å². The maximum Gasteiger partial charge on any atom is 0.148 e. The molecule has 0 unspecified atom stereocenters. The van der Waals surface area contributed by atoms with Crippen LogP contribution >= 0.6 is 0 Å². The van der Waals surface area contributed by atoms with Crippen LogP contribution in [-0.2, 0) is 0 Å². The zero-order valence-electron chi connectivity index (χ0n) is 10.6. The first-order valence-electron chi connectivity index (χ1n) is 5.48. The minimum atomic E-state index is -0.465. The van der Waals surface area contributed by atoms with Gasteiger partial charge in [0.2, 0.25) is 0 Å². The molecule has 0 radical (unpaired) electrons. The Labute approximate surface area is 121 Å². The minimum absolute atomic E-state index is 0.0550. The average molecular weight is 270 g/mol. The molecule has 0 saturated carbocycles. The van der Waals surface area contributed by atoms with Gasteiger partial charge >= 0.3 is 0 Å². The van der Waals surface area contributed by atoms with Crippen LogP contribution in [0.15, 0.2) is 41.0 Å². The molecule has 1 rings (SSSR count). The minimum Gasteiger partial charge on any atom is -0.399 e. The summed E-state index contributed by atoms with van der Waals surface area (Å²) in [6.45, 7) is 0. The topological polar surface area (TPSA) is 145 Å². The van der Waals surface area contributed by atoms with Crippen molar-refractivity contribution in [2.24, 2.45) is 0 Å². The van der Waals surface area contributed by atoms with E-state index in [1.54, 1.807) is 30.3 Å². The lowest BCUT2D eigenvalue weighted by Crippen LogP contribution is -1.97. The molecule has 0 saturated heterocycles. The molecule has 0 heterocycles. The van der Waals surface area contributed by atoms with Crippen molar-refractivity contribution in [3.8, 4) is 30.3 Å². The van der Waals surface area contributed by atoms with Crippen LogP contribution in [0.4, 0.5) is 5.69 Å². The molecule has 2 N–H and O–H groups in total. The fraction of sp³-hybridized carbons (Fsp3) is 0. The van der Waals surface area contributed by atoms with E-state index in [1.165, 1.54) is 24.3 Å². The van der Waals surface area contributed by atoms with E-state index < -0.39 is 5.57 Å². The summed E-state index contributed by atoms with van der Waals surface area (Å²) in [6.07, 6.45) is 0. The third-order valence-corrected chi connectivity index (χ3v) is 2.51. The molecule has 1 aromatic rings. The van der Waals surface area contributed by atoms with Crippen LogP contribution < -0.4 is 5.73 Å². The van der Waals surface area contributed by atoms with Gasteiger partial charge in [0.1, 0.15) is 41.5 Å². The van der Waals surface area contributed by atoms with Gasteiger partial charge in [-0.25, -0.2) is 0 Å². The highest BCUT2D eigenvalue weighted by Crippen LogP contribution is 2.29. The molecule has 0 aliphatic heterocycles. The molecule has 6 heteroatoms. The van der Waals surface area contributed by atoms with Gasteiger partial charge in [0.15, 0.2) is 0 Å². The zero-order valence-corrected chi connectivity index (χ0v) is 10.6. The Kier molecular flexibility index (Phi) is 4.84. The third kappa shape index (κ3) is 3.04. The van der Waals surface area contributed by atoms with Crippen molar-refractivity contribution in [2.75, 3.05) is 5.73 Å². The molecular formula is C15H6N6. The van der Waals surface area contributed by atoms with E-state index >= 15 is 0 Å². The molecule has 0 aliphatic carbocycles. The van der Waals surface area contributed by atoms with Gasteiger partial charge in [-0.2, -0.15) is 26.3 Å². The number of nitriles is 5. The Hall–Kier alpha value is -4.05. The van der Waals surface area contributed by atoms with Gasteiger partial charge in [-0.1, -0.05) is 12.1 Å². The molecule has 1 aromatic carbocycles. The summed E-state index contributed by atoms with van der Waals surface area (Å²) in [6, 6.07) is 14.3. The molecule has 21 heavy (non-hydrogen) atoms. The van der Waals surface area contributed by atoms with Crippen LogP contribution in [0.1, 0.15) is 5.56 Å². The van der Waals surface area contributed by atoms with Crippen molar-refractivity contribution in [1.82, 2.24) is 0 Å². The number of rotatable bonds is 2. The quantitative estimate of drug-likeness (QED) is 0.493. The van der Waals surface area contributed by atoms with Crippen LogP contribution in [0.2, 0.25) is 0 Å². The van der Waals surface area contributed by atoms with E-state index in [2.05, 4.69) is 0 Å². The Morgan fingerprint density at radius 3 is 1.57 bits per heavy atom. The summed E-state index contributed by atoms with van der Waals surface area (Å²) in [4.78, 5) is 0. The highest BCUT2D eigenvalue weighted by molar-refractivity contribution is 5.91. The molecule has 0 spiro atoms. The fourth-order valence-corrected chi connectivity index (χ4v) is 1.57. The molecule has 0 atom stereocenters. The first-order valence-corrected chi connectivity index (χ1v) is 5.48. The Morgan fingerprint density at radius 1 is 0.714 bits per heavy atom. The fourth-order valence-electron chi connectivity index (χ4n) is 1.57. The summed E-state index contributed by atoms with van der Waals surface area (Å²) in [5.74, 6) is 0. The monoisotopic (exact) mass is 270 g/mol. The second-order valence-corrected chi connectivity index (χ2v) is 3.68. The maximum atomic E-state index is 9.20. The summed E-state index contributed by atoms with van der Waals surface area (Å²) in [7, 11) is 0. The number of hydrogen-bond acceptors (Lipinski definition) is 6. The smallest absolute Gasteiger partial charge is 0.148 e. The number of hydrogen-bond donors (Lipinski definition) is 1. The van der Waals surface area contributed by atoms with Crippen molar-refractivity contribution in [3.05, 3.63) is 46.5 Å². The van der Waals surface area contributed by atoms with Crippen molar-refractivity contribution >= 4 is 11.3 Å². The summed E-state index contributed by atoms with van der Waals surface area (Å²) >= 11 is 0. The SMILES string of the molecule is N#CC(C#N)=C(C#N)C(=C(C#N)C#N)c1ccc(N)cc1. The molecule has 0 aromatic heterocycles. The van der Waals surface area contributed by atoms with Gasteiger partial charge in [0.25, 0.3) is 0 Å². The number of nitrogens with zero attached hydrogens (tertiary/aromatic N) is 5. The third-order valence-electron chi connectivity index (χ3n) is 2.51. The molecule has 96 valence electrons. The van der Waals surface area contributed by atoms with Crippen molar-refractivity contribution in [1.29, 1.82) is 26.3 Å². The van der Waals surface area contributed by atoms with E-state index in [0.717, 1.165) is 0 Å². The number of benzene rings is 1. The molecular weight excluding hydrogens is 264 g/mol. The zero-order chi connectivity index (χ0) is 15.8. The van der Waals surface area contributed by atoms with Crippen LogP contribution in [-0.4, -0.2) is 0 Å². The number of nitrogens with two attached hydrogens (primary N) is 1. The van der Waals surface area contributed by atoms with E-state index in [4.69, 9.17) is 26.8 Å². The lowest BCUT2D eigenvalue weighted by Gasteiger charge is -2.07. The predicted molar refractivity (Wildman–Crippen MR) is 72.9 cm³/mol. The first-order chi connectivity index (χ1) is 10.1. The molecule has 0 fully saturated rings. The highest BCUT2D eigenvalue weighted by atomic mass is 14.5. The van der Waals surface area contributed by atoms with E-state index in [1.807, 2.05) is 0 Å². The van der Waals surface area contributed by atoms with E-state index in [9.17, 15) is 5.26 Å². The van der Waals surface area contributed by atoms with Gasteiger partial charge in [-0.05, 0) is 17.7 Å². The van der Waals surface area contributed by atoms with Gasteiger partial charge in [-0.3, -0.25) is 0 Å². The Bertz CT molecular complexity index is 804. The second kappa shape index (κ2) is 6.77. The highest BCUT2D eigenvalue weighted by Gasteiger charge is 2.18. The molecule has 0 bridgehead atoms. The first kappa shape index (κ1) is 15.0. The number of anilines is 1. The standard InChI is InChI=1S/C15H6N6/c16-5-11(6-17)14(9-20)15(12(7-18)8-19)10-1-3-13(21)4-2-10/h1-4H,21H2. The lowest BCUT2D eigenvalue weighted by molar-refractivity contribution is 1.40. The van der Waals surface area contributed by atoms with Crippen LogP contribution in [0, 0.1) is 56.7 Å². The van der Waals surface area contributed by atoms with Crippen LogP contribution in [0.25, 0.3) is 5.57 Å². The van der Waals surface area contributed by atoms with Crippen LogP contribution in [0.5, 0.6) is 0 Å². The molecule has 0 aliphatic rings. The van der Waals surface area contributed by atoms with Gasteiger partial charge in [-0.15, -0.1) is 0 Å². The van der Waals surface area contributed by atoms with Gasteiger partial charge in [0.05, 0.1) is 5.57 Å². The number of allylic oxidation sites excluding steroid dienone is 4. The van der Waals surface area contributed by atoms with Crippen LogP contribution in [0.3, 0.4) is 0 Å². The Balaban J connectivity index is 3.84. The van der Waals surface area contributed by atoms with Gasteiger partial charge < -0.3 is 5.73 Å².